The maximum absolute atomic E-state index is 13.1. The lowest BCUT2D eigenvalue weighted by atomic mass is 9.82. The molecule has 1 aromatic carbocycles. The Morgan fingerprint density at radius 2 is 2.00 bits per heavy atom. The Labute approximate surface area is 136 Å². The van der Waals surface area contributed by atoms with Gasteiger partial charge in [-0.3, -0.25) is 4.79 Å². The summed E-state index contributed by atoms with van der Waals surface area (Å²) in [6.07, 6.45) is 4.65. The van der Waals surface area contributed by atoms with Crippen molar-refractivity contribution in [2.24, 2.45) is 0 Å². The molecule has 0 radical (unpaired) electrons. The van der Waals surface area contributed by atoms with Crippen molar-refractivity contribution in [3.63, 3.8) is 0 Å². The molecule has 1 aliphatic carbocycles. The van der Waals surface area contributed by atoms with Crippen LogP contribution in [0, 0.1) is 5.82 Å². The molecule has 0 saturated heterocycles. The average Bonchev–Trinajstić information content (AvgIpc) is 2.96. The lowest BCUT2D eigenvalue weighted by molar-refractivity contribution is 0.0962. The van der Waals surface area contributed by atoms with Gasteiger partial charge in [-0.15, -0.1) is 5.10 Å². The minimum absolute atomic E-state index is 0.0218. The number of thioether (sulfide) groups is 1. The molecule has 0 bridgehead atoms. The Balaban J connectivity index is 1.75. The highest BCUT2D eigenvalue weighted by atomic mass is 32.2. The molecule has 2 heterocycles. The average molecular weight is 328 g/mol. The van der Waals surface area contributed by atoms with Crippen LogP contribution in [-0.4, -0.2) is 31.6 Å². The Kier molecular flexibility index (Phi) is 3.37. The quantitative estimate of drug-likeness (QED) is 0.677. The van der Waals surface area contributed by atoms with E-state index in [1.54, 1.807) is 22.8 Å². The van der Waals surface area contributed by atoms with E-state index >= 15 is 0 Å². The minimum atomic E-state index is -0.274. The number of benzene rings is 1. The molecule has 1 atom stereocenters. The first-order chi connectivity index (χ1) is 11.1. The fraction of sp³-hybridized carbons (Fsp3) is 0.250. The van der Waals surface area contributed by atoms with Gasteiger partial charge >= 0.3 is 0 Å². The van der Waals surface area contributed by atoms with Crippen LogP contribution in [0.25, 0.3) is 5.78 Å². The van der Waals surface area contributed by atoms with Gasteiger partial charge in [-0.25, -0.2) is 13.9 Å². The van der Waals surface area contributed by atoms with Crippen LogP contribution in [0.3, 0.4) is 0 Å². The van der Waals surface area contributed by atoms with Gasteiger partial charge in [0.1, 0.15) is 5.82 Å². The minimum Gasteiger partial charge on any atom is -0.294 e. The Morgan fingerprint density at radius 3 is 2.74 bits per heavy atom. The molecule has 0 aliphatic heterocycles. The molecule has 0 saturated carbocycles. The standard InChI is InChI=1S/C16H13FN4OS/c1-23-16-19-15-18-13-6-10(9-2-4-11(17)5-3-9)7-14(22)12(13)8-21(15)20-16/h2-5,8,10H,6-7H2,1H3/t10-/m0/s1. The van der Waals surface area contributed by atoms with E-state index in [9.17, 15) is 9.18 Å². The molecule has 2 aromatic heterocycles. The van der Waals surface area contributed by atoms with Gasteiger partial charge in [0.2, 0.25) is 5.16 Å². The molecule has 116 valence electrons. The highest BCUT2D eigenvalue weighted by Crippen LogP contribution is 2.32. The largest absolute Gasteiger partial charge is 0.294 e. The van der Waals surface area contributed by atoms with Crippen molar-refractivity contribution in [1.82, 2.24) is 19.6 Å². The van der Waals surface area contributed by atoms with Crippen LogP contribution in [0.15, 0.2) is 35.6 Å². The molecule has 0 spiro atoms. The molecular weight excluding hydrogens is 315 g/mol. The lowest BCUT2D eigenvalue weighted by Crippen LogP contribution is -2.21. The molecule has 23 heavy (non-hydrogen) atoms. The summed E-state index contributed by atoms with van der Waals surface area (Å²) in [6, 6.07) is 6.32. The molecule has 5 nitrogen and oxygen atoms in total. The van der Waals surface area contributed by atoms with Crippen molar-refractivity contribution in [2.45, 2.75) is 23.9 Å². The fourth-order valence-electron chi connectivity index (χ4n) is 2.92. The van der Waals surface area contributed by atoms with Gasteiger partial charge < -0.3 is 0 Å². The van der Waals surface area contributed by atoms with E-state index < -0.39 is 0 Å². The first-order valence-corrected chi connectivity index (χ1v) is 8.45. The molecule has 0 amide bonds. The van der Waals surface area contributed by atoms with Crippen molar-refractivity contribution in [2.75, 3.05) is 6.26 Å². The third kappa shape index (κ3) is 2.50. The SMILES string of the molecule is CSc1nc2nc3c(cn2n1)C(=O)C[C@@H](c1ccc(F)cc1)C3. The normalized spacial score (nSPS) is 17.5. The van der Waals surface area contributed by atoms with Crippen LogP contribution < -0.4 is 0 Å². The second kappa shape index (κ2) is 5.42. The fourth-order valence-corrected chi connectivity index (χ4v) is 3.26. The summed E-state index contributed by atoms with van der Waals surface area (Å²) in [4.78, 5) is 21.3. The molecule has 0 N–H and O–H groups in total. The lowest BCUT2D eigenvalue weighted by Gasteiger charge is -2.23. The molecule has 0 unspecified atom stereocenters. The molecule has 1 aliphatic rings. The van der Waals surface area contributed by atoms with Gasteiger partial charge in [0.05, 0.1) is 11.3 Å². The maximum atomic E-state index is 13.1. The van der Waals surface area contributed by atoms with Crippen LogP contribution in [0.1, 0.15) is 34.0 Å². The van der Waals surface area contributed by atoms with E-state index in [0.29, 0.717) is 29.3 Å². The van der Waals surface area contributed by atoms with Crippen molar-refractivity contribution in [1.29, 1.82) is 0 Å². The molecular formula is C16H13FN4OS. The Morgan fingerprint density at radius 1 is 1.22 bits per heavy atom. The monoisotopic (exact) mass is 328 g/mol. The summed E-state index contributed by atoms with van der Waals surface area (Å²) in [7, 11) is 0. The van der Waals surface area contributed by atoms with Gasteiger partial charge in [-0.1, -0.05) is 23.9 Å². The summed E-state index contributed by atoms with van der Waals surface area (Å²) in [5.74, 6) is 0.287. The number of Topliss-reactive ketones (excluding diaryl/α,β-unsaturated/α-hetero) is 1. The number of rotatable bonds is 2. The summed E-state index contributed by atoms with van der Waals surface area (Å²) in [6.45, 7) is 0. The maximum Gasteiger partial charge on any atom is 0.253 e. The molecule has 3 aromatic rings. The third-order valence-electron chi connectivity index (χ3n) is 4.09. The van der Waals surface area contributed by atoms with Crippen LogP contribution in [-0.2, 0) is 6.42 Å². The molecule has 4 rings (SSSR count). The van der Waals surface area contributed by atoms with Crippen molar-refractivity contribution < 1.29 is 9.18 Å². The van der Waals surface area contributed by atoms with Crippen molar-refractivity contribution >= 4 is 23.3 Å². The third-order valence-corrected chi connectivity index (χ3v) is 4.63. The highest BCUT2D eigenvalue weighted by Gasteiger charge is 2.28. The van der Waals surface area contributed by atoms with Gasteiger partial charge in [-0.2, -0.15) is 4.98 Å². The van der Waals surface area contributed by atoms with E-state index in [1.807, 2.05) is 6.26 Å². The Bertz CT molecular complexity index is 906. The van der Waals surface area contributed by atoms with E-state index in [-0.39, 0.29) is 17.5 Å². The number of halogens is 1. The van der Waals surface area contributed by atoms with Gasteiger partial charge in [0.25, 0.3) is 5.78 Å². The van der Waals surface area contributed by atoms with Gasteiger partial charge in [0, 0.05) is 12.6 Å². The van der Waals surface area contributed by atoms with Crippen LogP contribution in [0.5, 0.6) is 0 Å². The summed E-state index contributed by atoms with van der Waals surface area (Å²) in [5, 5.41) is 4.90. The highest BCUT2D eigenvalue weighted by molar-refractivity contribution is 7.98. The number of aromatic nitrogens is 4. The van der Waals surface area contributed by atoms with Crippen molar-refractivity contribution in [3.8, 4) is 0 Å². The van der Waals surface area contributed by atoms with Gasteiger partial charge in [0.15, 0.2) is 5.78 Å². The van der Waals surface area contributed by atoms with E-state index in [1.165, 1.54) is 23.9 Å². The number of fused-ring (bicyclic) bond motifs is 2. The van der Waals surface area contributed by atoms with E-state index in [0.717, 1.165) is 11.3 Å². The number of ketones is 1. The molecule has 0 fully saturated rings. The first-order valence-electron chi connectivity index (χ1n) is 7.23. The second-order valence-electron chi connectivity index (χ2n) is 5.52. The van der Waals surface area contributed by atoms with Gasteiger partial charge in [-0.05, 0) is 36.3 Å². The summed E-state index contributed by atoms with van der Waals surface area (Å²) >= 11 is 1.43. The number of nitrogens with zero attached hydrogens (tertiary/aromatic N) is 4. The Hall–Kier alpha value is -2.28. The number of carbonyl (C=O) groups is 1. The van der Waals surface area contributed by atoms with Crippen LogP contribution in [0.4, 0.5) is 4.39 Å². The zero-order valence-electron chi connectivity index (χ0n) is 12.4. The summed E-state index contributed by atoms with van der Waals surface area (Å²) < 4.78 is 14.6. The number of carbonyl (C=O) groups excluding carboxylic acids is 1. The number of hydrogen-bond donors (Lipinski definition) is 0. The van der Waals surface area contributed by atoms with Crippen LogP contribution >= 0.6 is 11.8 Å². The predicted molar refractivity (Wildman–Crippen MR) is 84.4 cm³/mol. The molecule has 7 heteroatoms. The number of hydrogen-bond acceptors (Lipinski definition) is 5. The van der Waals surface area contributed by atoms with E-state index in [4.69, 9.17) is 0 Å². The zero-order valence-corrected chi connectivity index (χ0v) is 13.2. The predicted octanol–water partition coefficient (Wildman–Crippen LogP) is 2.90. The summed E-state index contributed by atoms with van der Waals surface area (Å²) in [5.41, 5.74) is 2.30. The topological polar surface area (TPSA) is 60.1 Å². The second-order valence-corrected chi connectivity index (χ2v) is 6.30. The van der Waals surface area contributed by atoms with Crippen LogP contribution in [0.2, 0.25) is 0 Å². The first kappa shape index (κ1) is 14.3. The smallest absolute Gasteiger partial charge is 0.253 e. The van der Waals surface area contributed by atoms with Crippen molar-refractivity contribution in [3.05, 3.63) is 53.1 Å². The van der Waals surface area contributed by atoms with E-state index in [2.05, 4.69) is 15.1 Å². The zero-order chi connectivity index (χ0) is 16.0.